The molecular weight excluding hydrogens is 395 g/mol. The zero-order valence-corrected chi connectivity index (χ0v) is 16.3. The molecule has 0 saturated carbocycles. The molecule has 0 saturated heterocycles. The number of nitriles is 1. The summed E-state index contributed by atoms with van der Waals surface area (Å²) >= 11 is 12.0. The van der Waals surface area contributed by atoms with Gasteiger partial charge in [-0.15, -0.1) is 0 Å². The first kappa shape index (κ1) is 20.2. The van der Waals surface area contributed by atoms with Gasteiger partial charge < -0.3 is 0 Å². The number of hydrogen-bond donors (Lipinski definition) is 0. The second kappa shape index (κ2) is 9.04. The van der Waals surface area contributed by atoms with Crippen molar-refractivity contribution >= 4 is 44.6 Å². The van der Waals surface area contributed by atoms with Crippen LogP contribution in [0, 0.1) is 11.3 Å². The molecule has 5 nitrogen and oxygen atoms in total. The number of benzene rings is 1. The van der Waals surface area contributed by atoms with E-state index in [9.17, 15) is 13.7 Å². The third kappa shape index (κ3) is 5.46. The molecule has 8 heteroatoms. The van der Waals surface area contributed by atoms with Crippen molar-refractivity contribution in [1.29, 1.82) is 5.26 Å². The fourth-order valence-electron chi connectivity index (χ4n) is 2.12. The normalized spacial score (nSPS) is 13.5. The van der Waals surface area contributed by atoms with Crippen LogP contribution in [0.25, 0.3) is 5.57 Å². The van der Waals surface area contributed by atoms with E-state index in [1.54, 1.807) is 42.5 Å². The first-order chi connectivity index (χ1) is 12.4. The molecular formula is C18H16Cl2N2O3S. The minimum Gasteiger partial charge on any atom is -0.268 e. The van der Waals surface area contributed by atoms with Crippen molar-refractivity contribution in [2.45, 2.75) is 19.8 Å². The maximum atomic E-state index is 11.6. The standard InChI is InChI=1S/C18H16Cl2N2O3S/c1-2-3-10-26(23,24)25-22-15-7-4-13(5-8-15)17(12-21)16-9-6-14(19)11-18(16)20/h4-9,11H,2-3,10H2,1H3. The Morgan fingerprint density at radius 1 is 1.23 bits per heavy atom. The van der Waals surface area contributed by atoms with Gasteiger partial charge in [-0.1, -0.05) is 59.9 Å². The fraction of sp³-hybridized carbons (Fsp3) is 0.222. The second-order valence-electron chi connectivity index (χ2n) is 5.44. The molecule has 136 valence electrons. The van der Waals surface area contributed by atoms with E-state index in [4.69, 9.17) is 23.2 Å². The van der Waals surface area contributed by atoms with Crippen molar-refractivity contribution in [1.82, 2.24) is 0 Å². The lowest BCUT2D eigenvalue weighted by atomic mass is 9.97. The quantitative estimate of drug-likeness (QED) is 0.493. The molecule has 1 aromatic rings. The van der Waals surface area contributed by atoms with Gasteiger partial charge in [0.2, 0.25) is 0 Å². The van der Waals surface area contributed by atoms with Gasteiger partial charge >= 0.3 is 10.1 Å². The van der Waals surface area contributed by atoms with Crippen LogP contribution in [-0.2, 0) is 14.4 Å². The van der Waals surface area contributed by atoms with Crippen molar-refractivity contribution in [3.05, 3.63) is 63.7 Å². The highest BCUT2D eigenvalue weighted by molar-refractivity contribution is 7.86. The molecule has 1 aliphatic rings. The Kier molecular flexibility index (Phi) is 7.04. The van der Waals surface area contributed by atoms with Crippen molar-refractivity contribution in [3.8, 4) is 6.07 Å². The highest BCUT2D eigenvalue weighted by Crippen LogP contribution is 2.30. The summed E-state index contributed by atoms with van der Waals surface area (Å²) in [7, 11) is -3.68. The number of unbranched alkanes of at least 4 members (excludes halogenated alkanes) is 1. The van der Waals surface area contributed by atoms with E-state index in [0.717, 1.165) is 6.42 Å². The lowest BCUT2D eigenvalue weighted by molar-refractivity contribution is 0.339. The molecule has 0 atom stereocenters. The van der Waals surface area contributed by atoms with Gasteiger partial charge in [-0.05, 0) is 36.3 Å². The number of hydrogen-bond acceptors (Lipinski definition) is 5. The van der Waals surface area contributed by atoms with Crippen LogP contribution in [0.2, 0.25) is 10.0 Å². The lowest BCUT2D eigenvalue weighted by Crippen LogP contribution is -2.08. The Balaban J connectivity index is 2.22. The Hall–Kier alpha value is -2.07. The molecule has 0 fully saturated rings. The Morgan fingerprint density at radius 2 is 1.92 bits per heavy atom. The maximum absolute atomic E-state index is 11.6. The Labute approximate surface area is 163 Å². The first-order valence-corrected chi connectivity index (χ1v) is 10.1. The molecule has 2 rings (SSSR count). The van der Waals surface area contributed by atoms with E-state index in [2.05, 4.69) is 15.5 Å². The largest absolute Gasteiger partial charge is 0.328 e. The van der Waals surface area contributed by atoms with Crippen molar-refractivity contribution in [2.24, 2.45) is 5.16 Å². The molecule has 0 aromatic heterocycles. The monoisotopic (exact) mass is 410 g/mol. The van der Waals surface area contributed by atoms with Crippen LogP contribution in [0.3, 0.4) is 0 Å². The smallest absolute Gasteiger partial charge is 0.268 e. The minimum atomic E-state index is -3.68. The van der Waals surface area contributed by atoms with Gasteiger partial charge in [0.1, 0.15) is 11.8 Å². The predicted molar refractivity (Wildman–Crippen MR) is 104 cm³/mol. The van der Waals surface area contributed by atoms with Crippen LogP contribution in [0.1, 0.15) is 25.3 Å². The fourth-order valence-corrected chi connectivity index (χ4v) is 3.54. The molecule has 1 aromatic carbocycles. The predicted octanol–water partition coefficient (Wildman–Crippen LogP) is 4.90. The van der Waals surface area contributed by atoms with E-state index in [1.165, 1.54) is 0 Å². The summed E-state index contributed by atoms with van der Waals surface area (Å²) in [5, 5.41) is 14.0. The van der Waals surface area contributed by atoms with Gasteiger partial charge in [0, 0.05) is 10.6 Å². The molecule has 0 radical (unpaired) electrons. The van der Waals surface area contributed by atoms with Crippen LogP contribution in [0.15, 0.2) is 53.2 Å². The number of allylic oxidation sites excluding steroid dienone is 6. The molecule has 26 heavy (non-hydrogen) atoms. The Morgan fingerprint density at radius 3 is 2.50 bits per heavy atom. The van der Waals surface area contributed by atoms with Gasteiger partial charge in [-0.2, -0.15) is 13.7 Å². The van der Waals surface area contributed by atoms with Crippen LogP contribution in [0.4, 0.5) is 0 Å². The highest BCUT2D eigenvalue weighted by atomic mass is 35.5. The SMILES string of the molecule is CCCCS(=O)(=O)ON=C1C=CC(=C(C#N)c2ccc(Cl)cc2Cl)C=C1. The maximum Gasteiger partial charge on any atom is 0.328 e. The van der Waals surface area contributed by atoms with Crippen LogP contribution >= 0.6 is 23.2 Å². The van der Waals surface area contributed by atoms with E-state index in [-0.39, 0.29) is 5.75 Å². The Bertz CT molecular complexity index is 937. The molecule has 0 spiro atoms. The average molecular weight is 411 g/mol. The summed E-state index contributed by atoms with van der Waals surface area (Å²) < 4.78 is 27.9. The molecule has 0 bridgehead atoms. The average Bonchev–Trinajstić information content (AvgIpc) is 2.62. The summed E-state index contributed by atoms with van der Waals surface area (Å²) in [5.41, 5.74) is 1.87. The van der Waals surface area contributed by atoms with E-state index in [1.807, 2.05) is 6.92 Å². The zero-order valence-electron chi connectivity index (χ0n) is 13.9. The summed E-state index contributed by atoms with van der Waals surface area (Å²) in [4.78, 5) is 0. The molecule has 0 N–H and O–H groups in total. The van der Waals surface area contributed by atoms with Crippen LogP contribution < -0.4 is 0 Å². The van der Waals surface area contributed by atoms with Gasteiger partial charge in [0.05, 0.1) is 16.3 Å². The first-order valence-electron chi connectivity index (χ1n) is 7.81. The van der Waals surface area contributed by atoms with Crippen molar-refractivity contribution < 1.29 is 12.7 Å². The van der Waals surface area contributed by atoms with Crippen LogP contribution in [0.5, 0.6) is 0 Å². The highest BCUT2D eigenvalue weighted by Gasteiger charge is 2.13. The zero-order chi connectivity index (χ0) is 19.2. The molecule has 0 heterocycles. The second-order valence-corrected chi connectivity index (χ2v) is 7.96. The number of oxime groups is 1. The third-order valence-corrected chi connectivity index (χ3v) is 5.11. The molecule has 0 unspecified atom stereocenters. The van der Waals surface area contributed by atoms with Crippen LogP contribution in [-0.4, -0.2) is 19.9 Å². The van der Waals surface area contributed by atoms with E-state index >= 15 is 0 Å². The molecule has 0 amide bonds. The number of nitrogens with zero attached hydrogens (tertiary/aromatic N) is 2. The van der Waals surface area contributed by atoms with E-state index in [0.29, 0.717) is 38.9 Å². The summed E-state index contributed by atoms with van der Waals surface area (Å²) in [6.45, 7) is 1.89. The molecule has 1 aliphatic carbocycles. The van der Waals surface area contributed by atoms with Gasteiger partial charge in [-0.25, -0.2) is 0 Å². The topological polar surface area (TPSA) is 79.5 Å². The van der Waals surface area contributed by atoms with Gasteiger partial charge in [0.25, 0.3) is 0 Å². The minimum absolute atomic E-state index is 0.0769. The van der Waals surface area contributed by atoms with Crippen molar-refractivity contribution in [3.63, 3.8) is 0 Å². The molecule has 0 aliphatic heterocycles. The van der Waals surface area contributed by atoms with Gasteiger partial charge in [0.15, 0.2) is 0 Å². The summed E-state index contributed by atoms with van der Waals surface area (Å²) in [6.07, 6.45) is 7.67. The third-order valence-electron chi connectivity index (χ3n) is 3.47. The summed E-state index contributed by atoms with van der Waals surface area (Å²) in [6, 6.07) is 7.01. The lowest BCUT2D eigenvalue weighted by Gasteiger charge is -2.08. The number of halogens is 2. The summed E-state index contributed by atoms with van der Waals surface area (Å²) in [5.74, 6) is -0.0769. The van der Waals surface area contributed by atoms with Gasteiger partial charge in [-0.3, -0.25) is 4.28 Å². The number of rotatable bonds is 6. The van der Waals surface area contributed by atoms with E-state index < -0.39 is 10.1 Å². The van der Waals surface area contributed by atoms with Crippen molar-refractivity contribution in [2.75, 3.05) is 5.75 Å².